The van der Waals surface area contributed by atoms with E-state index in [1.165, 1.54) is 83.1 Å². The SMILES string of the molecule is C=CCCCCCCC(C)CCc1cc(C(C)C)c2c(c1C)C(=C)C1=C(C)[C@@]3(C)C(=C)C(C(=C)C)=C(C)C[C@@]3(C)C[C@@]1(C)C2. The second-order valence-corrected chi connectivity index (χ2v) is 16.4. The first kappa shape index (κ1) is 34.5. The maximum Gasteiger partial charge on any atom is 0.0194 e. The summed E-state index contributed by atoms with van der Waals surface area (Å²) >= 11 is 0. The third-order valence-electron chi connectivity index (χ3n) is 12.5. The Kier molecular flexibility index (Phi) is 10.1. The zero-order chi connectivity index (χ0) is 32.8. The number of benzene rings is 1. The molecule has 1 unspecified atom stereocenters. The molecule has 0 heteroatoms. The third kappa shape index (κ3) is 5.74. The number of allylic oxidation sites excluding steroid dienone is 8. The molecule has 4 atom stereocenters. The van der Waals surface area contributed by atoms with Gasteiger partial charge in [0.15, 0.2) is 0 Å². The van der Waals surface area contributed by atoms with Crippen LogP contribution in [0.3, 0.4) is 0 Å². The molecular weight excluding hydrogens is 528 g/mol. The number of fused-ring (bicyclic) bond motifs is 3. The summed E-state index contributed by atoms with van der Waals surface area (Å²) in [6, 6.07) is 2.60. The van der Waals surface area contributed by atoms with Gasteiger partial charge in [-0.25, -0.2) is 0 Å². The summed E-state index contributed by atoms with van der Waals surface area (Å²) in [6.45, 7) is 42.1. The van der Waals surface area contributed by atoms with Crippen LogP contribution < -0.4 is 0 Å². The van der Waals surface area contributed by atoms with Gasteiger partial charge in [-0.3, -0.25) is 0 Å². The molecule has 44 heavy (non-hydrogen) atoms. The lowest BCUT2D eigenvalue weighted by Gasteiger charge is -2.62. The molecule has 4 rings (SSSR count). The van der Waals surface area contributed by atoms with E-state index in [-0.39, 0.29) is 16.2 Å². The van der Waals surface area contributed by atoms with E-state index in [2.05, 4.69) is 94.5 Å². The predicted molar refractivity (Wildman–Crippen MR) is 196 cm³/mol. The smallest absolute Gasteiger partial charge is 0.0194 e. The Morgan fingerprint density at radius 2 is 1.61 bits per heavy atom. The van der Waals surface area contributed by atoms with Crippen molar-refractivity contribution in [1.29, 1.82) is 0 Å². The van der Waals surface area contributed by atoms with Crippen molar-refractivity contribution in [2.24, 2.45) is 22.2 Å². The molecule has 0 nitrogen and oxygen atoms in total. The fraction of sp³-hybridized carbons (Fsp3) is 0.591. The summed E-state index contributed by atoms with van der Waals surface area (Å²) in [6.07, 6.45) is 15.7. The van der Waals surface area contributed by atoms with E-state index in [9.17, 15) is 0 Å². The van der Waals surface area contributed by atoms with Crippen molar-refractivity contribution in [1.82, 2.24) is 0 Å². The normalized spacial score (nSPS) is 27.3. The van der Waals surface area contributed by atoms with E-state index in [0.29, 0.717) is 5.92 Å². The van der Waals surface area contributed by atoms with Crippen LogP contribution in [-0.4, -0.2) is 0 Å². The topological polar surface area (TPSA) is 0 Å². The molecule has 0 bridgehead atoms. The summed E-state index contributed by atoms with van der Waals surface area (Å²) in [7, 11) is 0. The van der Waals surface area contributed by atoms with Gasteiger partial charge in [0, 0.05) is 5.41 Å². The summed E-state index contributed by atoms with van der Waals surface area (Å²) in [5, 5.41) is 0. The van der Waals surface area contributed by atoms with E-state index >= 15 is 0 Å². The molecule has 0 N–H and O–H groups in total. The van der Waals surface area contributed by atoms with E-state index in [1.807, 2.05) is 0 Å². The number of hydrogen-bond acceptors (Lipinski definition) is 0. The highest BCUT2D eigenvalue weighted by atomic mass is 14.6. The molecule has 0 radical (unpaired) electrons. The highest BCUT2D eigenvalue weighted by Crippen LogP contribution is 2.70. The lowest BCUT2D eigenvalue weighted by Crippen LogP contribution is -2.52. The van der Waals surface area contributed by atoms with Crippen LogP contribution in [-0.2, 0) is 12.8 Å². The lowest BCUT2D eigenvalue weighted by molar-refractivity contribution is 0.0543. The van der Waals surface area contributed by atoms with E-state index < -0.39 is 0 Å². The molecule has 0 heterocycles. The molecule has 0 spiro atoms. The molecule has 1 aromatic rings. The van der Waals surface area contributed by atoms with Crippen molar-refractivity contribution in [2.45, 2.75) is 146 Å². The van der Waals surface area contributed by atoms with Gasteiger partial charge in [0.2, 0.25) is 0 Å². The molecule has 0 amide bonds. The van der Waals surface area contributed by atoms with Gasteiger partial charge < -0.3 is 0 Å². The lowest BCUT2D eigenvalue weighted by atomic mass is 9.41. The number of unbranched alkanes of at least 4 members (excludes halogenated alkanes) is 4. The first-order valence-corrected chi connectivity index (χ1v) is 17.8. The standard InChI is InChI=1S/C44H64/c1-15-16-17-18-19-20-21-30(6)22-23-36-24-37(28(2)3)38-26-42(12)27-43(13)25-31(7)39(29(4)5)34(10)44(43,14)35(11)41(42)33(9)40(38)32(36)8/h15,24,28,30H,1,4,9-10,16-23,25-27H2,2-3,5-8,11-14H3/t30?,42-,43+,44-/m1/s1. The van der Waals surface area contributed by atoms with Crippen molar-refractivity contribution < 1.29 is 0 Å². The number of hydrogen-bond donors (Lipinski definition) is 0. The van der Waals surface area contributed by atoms with Gasteiger partial charge in [-0.1, -0.05) is 116 Å². The van der Waals surface area contributed by atoms with E-state index in [4.69, 9.17) is 13.2 Å². The predicted octanol–water partition coefficient (Wildman–Crippen LogP) is 13.4. The minimum Gasteiger partial charge on any atom is -0.103 e. The second kappa shape index (κ2) is 12.8. The Bertz CT molecular complexity index is 1420. The molecule has 240 valence electrons. The summed E-state index contributed by atoms with van der Waals surface area (Å²) in [5.74, 6) is 1.26. The highest BCUT2D eigenvalue weighted by molar-refractivity contribution is 5.87. The van der Waals surface area contributed by atoms with Crippen LogP contribution in [0, 0.1) is 29.1 Å². The Balaban J connectivity index is 1.72. The highest BCUT2D eigenvalue weighted by Gasteiger charge is 2.59. The first-order valence-electron chi connectivity index (χ1n) is 17.8. The maximum absolute atomic E-state index is 4.97. The van der Waals surface area contributed by atoms with Crippen LogP contribution in [0.25, 0.3) is 5.57 Å². The van der Waals surface area contributed by atoms with Crippen molar-refractivity contribution in [3.63, 3.8) is 0 Å². The Morgan fingerprint density at radius 3 is 2.23 bits per heavy atom. The summed E-state index contributed by atoms with van der Waals surface area (Å²) < 4.78 is 0. The van der Waals surface area contributed by atoms with Gasteiger partial charge in [-0.2, -0.15) is 0 Å². The second-order valence-electron chi connectivity index (χ2n) is 16.4. The molecule has 0 aliphatic heterocycles. The molecule has 3 aliphatic rings. The van der Waals surface area contributed by atoms with Crippen LogP contribution in [0.2, 0.25) is 0 Å². The van der Waals surface area contributed by atoms with Crippen LogP contribution in [0.5, 0.6) is 0 Å². The van der Waals surface area contributed by atoms with Crippen molar-refractivity contribution in [3.05, 3.63) is 99.7 Å². The molecular formula is C44H64. The van der Waals surface area contributed by atoms with Crippen molar-refractivity contribution in [3.8, 4) is 0 Å². The summed E-state index contributed by atoms with van der Waals surface area (Å²) in [5.41, 5.74) is 17.2. The van der Waals surface area contributed by atoms with Crippen LogP contribution in [0.15, 0.2) is 71.9 Å². The zero-order valence-corrected chi connectivity index (χ0v) is 30.4. The Morgan fingerprint density at radius 1 is 0.955 bits per heavy atom. The van der Waals surface area contributed by atoms with Gasteiger partial charge >= 0.3 is 0 Å². The molecule has 3 aliphatic carbocycles. The van der Waals surface area contributed by atoms with Crippen LogP contribution >= 0.6 is 0 Å². The van der Waals surface area contributed by atoms with E-state index in [0.717, 1.165) is 43.6 Å². The largest absolute Gasteiger partial charge is 0.103 e. The molecule has 0 saturated heterocycles. The Hall–Kier alpha value is -2.34. The molecule has 0 aromatic heterocycles. The van der Waals surface area contributed by atoms with Crippen LogP contribution in [0.1, 0.15) is 154 Å². The van der Waals surface area contributed by atoms with Gasteiger partial charge in [0.25, 0.3) is 0 Å². The van der Waals surface area contributed by atoms with Crippen molar-refractivity contribution in [2.75, 3.05) is 0 Å². The molecule has 0 saturated carbocycles. The van der Waals surface area contributed by atoms with Gasteiger partial charge in [-0.05, 0) is 145 Å². The fourth-order valence-electron chi connectivity index (χ4n) is 10.1. The fourth-order valence-corrected chi connectivity index (χ4v) is 10.1. The zero-order valence-electron chi connectivity index (χ0n) is 30.4. The van der Waals surface area contributed by atoms with Gasteiger partial charge in [0.05, 0.1) is 0 Å². The van der Waals surface area contributed by atoms with Crippen molar-refractivity contribution >= 4 is 5.57 Å². The van der Waals surface area contributed by atoms with Gasteiger partial charge in [-0.15, -0.1) is 6.58 Å². The third-order valence-corrected chi connectivity index (χ3v) is 12.5. The first-order chi connectivity index (χ1) is 20.5. The van der Waals surface area contributed by atoms with Gasteiger partial charge in [0.1, 0.15) is 0 Å². The average molecular weight is 593 g/mol. The summed E-state index contributed by atoms with van der Waals surface area (Å²) in [4.78, 5) is 0. The average Bonchev–Trinajstić information content (AvgIpc) is 2.91. The van der Waals surface area contributed by atoms with Crippen LogP contribution in [0.4, 0.5) is 0 Å². The van der Waals surface area contributed by atoms with E-state index in [1.54, 1.807) is 16.7 Å². The minimum absolute atomic E-state index is 0.0709. The number of rotatable bonds is 12. The molecule has 1 aromatic carbocycles. The monoisotopic (exact) mass is 593 g/mol. The maximum atomic E-state index is 4.97. The Labute approximate surface area is 272 Å². The quantitative estimate of drug-likeness (QED) is 0.167. The minimum atomic E-state index is -0.108. The number of aryl methyl sites for hydroxylation is 1. The molecule has 0 fully saturated rings.